The number of fused-ring (bicyclic) bond motifs is 2. The summed E-state index contributed by atoms with van der Waals surface area (Å²) >= 11 is 2.69. The van der Waals surface area contributed by atoms with E-state index in [1.807, 2.05) is 40.6 Å². The van der Waals surface area contributed by atoms with Crippen molar-refractivity contribution in [2.45, 2.75) is 13.0 Å². The molecule has 164 valence electrons. The number of benzene rings is 2. The van der Waals surface area contributed by atoms with Crippen LogP contribution in [0.1, 0.15) is 11.1 Å². The Balaban J connectivity index is 1.09. The highest BCUT2D eigenvalue weighted by molar-refractivity contribution is 8.00. The zero-order chi connectivity index (χ0) is 21.9. The average molecular weight is 468 g/mol. The first kappa shape index (κ1) is 20.8. The summed E-state index contributed by atoms with van der Waals surface area (Å²) in [6, 6.07) is 13.9. The molecular weight excluding hydrogens is 446 g/mol. The molecular formula is C23H21N3O4S2. The molecule has 0 saturated heterocycles. The zero-order valence-corrected chi connectivity index (χ0v) is 18.8. The Morgan fingerprint density at radius 1 is 1.09 bits per heavy atom. The lowest BCUT2D eigenvalue weighted by Gasteiger charge is -2.28. The van der Waals surface area contributed by atoms with Crippen LogP contribution in [0.4, 0.5) is 5.13 Å². The van der Waals surface area contributed by atoms with Gasteiger partial charge in [-0.05, 0) is 35.7 Å². The van der Waals surface area contributed by atoms with Crippen molar-refractivity contribution in [2.75, 3.05) is 30.2 Å². The fourth-order valence-corrected chi connectivity index (χ4v) is 5.16. The van der Waals surface area contributed by atoms with E-state index < -0.39 is 0 Å². The van der Waals surface area contributed by atoms with Crippen molar-refractivity contribution in [3.63, 3.8) is 0 Å². The summed E-state index contributed by atoms with van der Waals surface area (Å²) in [5.74, 6) is 1.80. The monoisotopic (exact) mass is 467 g/mol. The van der Waals surface area contributed by atoms with Crippen LogP contribution in [0.25, 0.3) is 11.3 Å². The molecule has 5 rings (SSSR count). The van der Waals surface area contributed by atoms with Crippen molar-refractivity contribution in [1.82, 2.24) is 9.88 Å². The van der Waals surface area contributed by atoms with Gasteiger partial charge in [-0.25, -0.2) is 4.98 Å². The highest BCUT2D eigenvalue weighted by Gasteiger charge is 2.20. The molecule has 9 heteroatoms. The number of ether oxygens (including phenoxy) is 2. The maximum atomic E-state index is 12.5. The maximum absolute atomic E-state index is 12.5. The summed E-state index contributed by atoms with van der Waals surface area (Å²) in [6.45, 7) is 1.59. The minimum absolute atomic E-state index is 0.0663. The Morgan fingerprint density at radius 2 is 1.94 bits per heavy atom. The first-order valence-corrected chi connectivity index (χ1v) is 12.3. The Kier molecular flexibility index (Phi) is 6.00. The minimum Gasteiger partial charge on any atom is -0.454 e. The van der Waals surface area contributed by atoms with Gasteiger partial charge in [0.15, 0.2) is 16.6 Å². The second kappa shape index (κ2) is 9.22. The number of anilines is 1. The summed E-state index contributed by atoms with van der Waals surface area (Å²) < 4.78 is 10.7. The minimum atomic E-state index is -0.168. The van der Waals surface area contributed by atoms with Crippen LogP contribution >= 0.6 is 23.1 Å². The van der Waals surface area contributed by atoms with Crippen molar-refractivity contribution in [3.8, 4) is 22.8 Å². The lowest BCUT2D eigenvalue weighted by molar-refractivity contribution is -0.129. The molecule has 3 heterocycles. The number of nitrogens with zero attached hydrogens (tertiary/aromatic N) is 2. The highest BCUT2D eigenvalue weighted by Crippen LogP contribution is 2.36. The van der Waals surface area contributed by atoms with Gasteiger partial charge in [0.2, 0.25) is 18.6 Å². The summed E-state index contributed by atoms with van der Waals surface area (Å²) in [7, 11) is 0. The van der Waals surface area contributed by atoms with E-state index in [1.165, 1.54) is 34.2 Å². The molecule has 0 radical (unpaired) electrons. The van der Waals surface area contributed by atoms with Crippen molar-refractivity contribution in [2.24, 2.45) is 0 Å². The summed E-state index contributed by atoms with van der Waals surface area (Å²) in [5, 5.41) is 5.23. The van der Waals surface area contributed by atoms with Crippen LogP contribution in [0.5, 0.6) is 11.5 Å². The first-order chi connectivity index (χ1) is 15.7. The number of thiazole rings is 1. The van der Waals surface area contributed by atoms with Crippen LogP contribution in [0, 0.1) is 0 Å². The van der Waals surface area contributed by atoms with E-state index in [0.717, 1.165) is 30.0 Å². The second-order valence-corrected chi connectivity index (χ2v) is 9.32. The number of carbonyl (C=O) groups excluding carboxylic acids is 2. The number of carbonyl (C=O) groups is 2. The third-order valence-electron chi connectivity index (χ3n) is 5.36. The molecule has 2 aliphatic rings. The van der Waals surface area contributed by atoms with Gasteiger partial charge in [-0.2, -0.15) is 0 Å². The number of rotatable bonds is 6. The van der Waals surface area contributed by atoms with E-state index in [4.69, 9.17) is 9.47 Å². The molecule has 2 aliphatic heterocycles. The standard InChI is InChI=1S/C23H21N3O4S2/c27-21(12-31-13-22(28)26-8-7-15-3-1-2-4-17(15)10-26)25-23-24-18(11-32-23)16-5-6-19-20(9-16)30-14-29-19/h1-6,9,11H,7-8,10,12-14H2,(H,24,25,27). The predicted molar refractivity (Wildman–Crippen MR) is 125 cm³/mol. The summed E-state index contributed by atoms with van der Waals surface area (Å²) in [5.41, 5.74) is 4.18. The topological polar surface area (TPSA) is 80.8 Å². The van der Waals surface area contributed by atoms with Crippen LogP contribution in [-0.2, 0) is 22.6 Å². The highest BCUT2D eigenvalue weighted by atomic mass is 32.2. The lowest BCUT2D eigenvalue weighted by atomic mass is 10.00. The SMILES string of the molecule is O=C(CSCC(=O)N1CCc2ccccc2C1)Nc1nc(-c2ccc3c(c2)OCO3)cs1. The third kappa shape index (κ3) is 4.58. The number of thioether (sulfide) groups is 1. The van der Waals surface area contributed by atoms with Crippen LogP contribution in [0.3, 0.4) is 0 Å². The van der Waals surface area contributed by atoms with E-state index in [9.17, 15) is 9.59 Å². The van der Waals surface area contributed by atoms with Crippen molar-refractivity contribution in [3.05, 3.63) is 59.0 Å². The van der Waals surface area contributed by atoms with Crippen LogP contribution in [-0.4, -0.2) is 46.5 Å². The fourth-order valence-electron chi connectivity index (χ4n) is 3.71. The van der Waals surface area contributed by atoms with Gasteiger partial charge in [0.25, 0.3) is 0 Å². The number of aromatic nitrogens is 1. The van der Waals surface area contributed by atoms with E-state index in [1.54, 1.807) is 0 Å². The molecule has 0 saturated carbocycles. The van der Waals surface area contributed by atoms with Gasteiger partial charge in [0.05, 0.1) is 17.2 Å². The van der Waals surface area contributed by atoms with Crippen LogP contribution in [0.15, 0.2) is 47.8 Å². The van der Waals surface area contributed by atoms with Gasteiger partial charge < -0.3 is 19.7 Å². The molecule has 32 heavy (non-hydrogen) atoms. The maximum Gasteiger partial charge on any atom is 0.236 e. The predicted octanol–water partition coefficient (Wildman–Crippen LogP) is 3.80. The molecule has 3 aromatic rings. The third-order valence-corrected chi connectivity index (χ3v) is 7.04. The van der Waals surface area contributed by atoms with Gasteiger partial charge in [-0.1, -0.05) is 24.3 Å². The molecule has 1 aromatic heterocycles. The number of hydrogen-bond donors (Lipinski definition) is 1. The number of hydrogen-bond acceptors (Lipinski definition) is 7. The molecule has 0 fully saturated rings. The van der Waals surface area contributed by atoms with Gasteiger partial charge in [-0.15, -0.1) is 23.1 Å². The number of amides is 2. The zero-order valence-electron chi connectivity index (χ0n) is 17.2. The van der Waals surface area contributed by atoms with Gasteiger partial charge in [0, 0.05) is 24.0 Å². The van der Waals surface area contributed by atoms with Gasteiger partial charge in [-0.3, -0.25) is 9.59 Å². The molecule has 2 aromatic carbocycles. The quantitative estimate of drug-likeness (QED) is 0.594. The normalized spacial score (nSPS) is 14.2. The molecule has 7 nitrogen and oxygen atoms in total. The average Bonchev–Trinajstić information content (AvgIpc) is 3.47. The van der Waals surface area contributed by atoms with Crippen molar-refractivity contribution >= 4 is 40.0 Å². The van der Waals surface area contributed by atoms with Crippen molar-refractivity contribution < 1.29 is 19.1 Å². The molecule has 0 atom stereocenters. The van der Waals surface area contributed by atoms with E-state index in [2.05, 4.69) is 22.4 Å². The Morgan fingerprint density at radius 3 is 2.84 bits per heavy atom. The molecule has 0 spiro atoms. The van der Waals surface area contributed by atoms with E-state index >= 15 is 0 Å². The van der Waals surface area contributed by atoms with Gasteiger partial charge in [0.1, 0.15) is 0 Å². The Bertz CT molecular complexity index is 1160. The molecule has 0 unspecified atom stereocenters. The Hall–Kier alpha value is -3.04. The molecule has 0 bridgehead atoms. The molecule has 2 amide bonds. The van der Waals surface area contributed by atoms with Crippen molar-refractivity contribution in [1.29, 1.82) is 0 Å². The van der Waals surface area contributed by atoms with E-state index in [0.29, 0.717) is 17.4 Å². The Labute approximate surface area is 193 Å². The molecule has 0 aliphatic carbocycles. The summed E-state index contributed by atoms with van der Waals surface area (Å²) in [6.07, 6.45) is 0.878. The largest absolute Gasteiger partial charge is 0.454 e. The number of nitrogens with one attached hydrogen (secondary N) is 1. The van der Waals surface area contributed by atoms with E-state index in [-0.39, 0.29) is 30.1 Å². The van der Waals surface area contributed by atoms with Crippen LogP contribution in [0.2, 0.25) is 0 Å². The van der Waals surface area contributed by atoms with Gasteiger partial charge >= 0.3 is 0 Å². The second-order valence-electron chi connectivity index (χ2n) is 7.48. The van der Waals surface area contributed by atoms with Crippen LogP contribution < -0.4 is 14.8 Å². The first-order valence-electron chi connectivity index (χ1n) is 10.2. The summed E-state index contributed by atoms with van der Waals surface area (Å²) in [4.78, 5) is 31.2. The fraction of sp³-hybridized carbons (Fsp3) is 0.261. The lowest BCUT2D eigenvalue weighted by Crippen LogP contribution is -2.37. The molecule has 1 N–H and O–H groups in total. The smallest absolute Gasteiger partial charge is 0.236 e.